The number of nitrogens with zero attached hydrogens (tertiary/aromatic N) is 1. The zero-order valence-corrected chi connectivity index (χ0v) is 5.75. The van der Waals surface area contributed by atoms with Crippen molar-refractivity contribution in [2.75, 3.05) is 0 Å². The molecule has 6 heteroatoms. The van der Waals surface area contributed by atoms with Crippen LogP contribution in [0.1, 0.15) is 20.8 Å². The molecule has 0 atom stereocenters. The first-order chi connectivity index (χ1) is 5.68. The molecule has 1 aliphatic heterocycles. The Bertz CT molecular complexity index is 434. The van der Waals surface area contributed by atoms with Gasteiger partial charge in [-0.05, 0) is 0 Å². The van der Waals surface area contributed by atoms with Gasteiger partial charge in [0.25, 0.3) is 11.8 Å². The number of aromatic amines is 1. The lowest BCUT2D eigenvalue weighted by Crippen LogP contribution is -2.20. The van der Waals surface area contributed by atoms with Crippen LogP contribution in [0.4, 0.5) is 0 Å². The number of aromatic nitrogens is 2. The van der Waals surface area contributed by atoms with Crippen LogP contribution >= 0.6 is 0 Å². The first-order valence-corrected chi connectivity index (χ1v) is 3.13. The van der Waals surface area contributed by atoms with E-state index in [2.05, 4.69) is 9.97 Å². The zero-order chi connectivity index (χ0) is 8.72. The molecular weight excluding hydrogens is 162 g/mol. The van der Waals surface area contributed by atoms with E-state index in [-0.39, 0.29) is 11.3 Å². The van der Waals surface area contributed by atoms with Crippen LogP contribution in [0.15, 0.2) is 11.0 Å². The SMILES string of the molecule is O=C1NC(=O)c2[nH]c(=O)ncc21. The molecule has 2 heterocycles. The van der Waals surface area contributed by atoms with E-state index >= 15 is 0 Å². The zero-order valence-electron chi connectivity index (χ0n) is 5.75. The van der Waals surface area contributed by atoms with Gasteiger partial charge in [-0.25, -0.2) is 9.78 Å². The molecule has 1 aromatic heterocycles. The van der Waals surface area contributed by atoms with Crippen LogP contribution < -0.4 is 11.0 Å². The standard InChI is InChI=1S/C6H3N3O3/c10-4-2-1-7-6(12)8-3(2)5(11)9-4/h1H,(H,7,8,12)(H,9,10,11). The Hall–Kier alpha value is -1.98. The Balaban J connectivity index is 2.76. The molecule has 2 rings (SSSR count). The molecule has 0 radical (unpaired) electrons. The minimum atomic E-state index is -0.640. The molecule has 0 aromatic carbocycles. The van der Waals surface area contributed by atoms with Crippen molar-refractivity contribution in [2.45, 2.75) is 0 Å². The average Bonchev–Trinajstić information content (AvgIpc) is 2.28. The number of fused-ring (bicyclic) bond motifs is 1. The fourth-order valence-corrected chi connectivity index (χ4v) is 0.978. The number of hydrogen-bond donors (Lipinski definition) is 2. The predicted octanol–water partition coefficient (Wildman–Crippen LogP) is -1.35. The summed E-state index contributed by atoms with van der Waals surface area (Å²) in [5.41, 5.74) is -0.543. The number of rotatable bonds is 0. The van der Waals surface area contributed by atoms with Crippen molar-refractivity contribution >= 4 is 11.8 Å². The Morgan fingerprint density at radius 3 is 2.67 bits per heavy atom. The Morgan fingerprint density at radius 1 is 1.17 bits per heavy atom. The third-order valence-electron chi connectivity index (χ3n) is 1.51. The molecule has 0 unspecified atom stereocenters. The van der Waals surface area contributed by atoms with Crippen molar-refractivity contribution in [3.05, 3.63) is 27.9 Å². The molecule has 2 N–H and O–H groups in total. The predicted molar refractivity (Wildman–Crippen MR) is 36.7 cm³/mol. The fourth-order valence-electron chi connectivity index (χ4n) is 0.978. The molecule has 0 fully saturated rings. The summed E-state index contributed by atoms with van der Waals surface area (Å²) >= 11 is 0. The summed E-state index contributed by atoms with van der Waals surface area (Å²) < 4.78 is 0. The molecule has 12 heavy (non-hydrogen) atoms. The third kappa shape index (κ3) is 0.746. The maximum absolute atomic E-state index is 10.9. The van der Waals surface area contributed by atoms with Crippen LogP contribution in [-0.2, 0) is 0 Å². The van der Waals surface area contributed by atoms with Crippen molar-refractivity contribution in [1.29, 1.82) is 0 Å². The molecule has 1 aliphatic rings. The van der Waals surface area contributed by atoms with Crippen LogP contribution in [0.2, 0.25) is 0 Å². The Labute approximate surface area is 65.6 Å². The van der Waals surface area contributed by atoms with E-state index in [4.69, 9.17) is 0 Å². The highest BCUT2D eigenvalue weighted by atomic mass is 16.2. The minimum absolute atomic E-state index is 0.0139. The summed E-state index contributed by atoms with van der Waals surface area (Å²) in [6.07, 6.45) is 1.08. The van der Waals surface area contributed by atoms with Gasteiger partial charge in [0, 0.05) is 6.20 Å². The van der Waals surface area contributed by atoms with Gasteiger partial charge in [0.2, 0.25) is 0 Å². The maximum Gasteiger partial charge on any atom is 0.345 e. The maximum atomic E-state index is 10.9. The van der Waals surface area contributed by atoms with Crippen LogP contribution in [0, 0.1) is 0 Å². The van der Waals surface area contributed by atoms with Crippen molar-refractivity contribution in [3.8, 4) is 0 Å². The summed E-state index contributed by atoms with van der Waals surface area (Å²) in [5.74, 6) is -1.12. The van der Waals surface area contributed by atoms with Crippen LogP contribution in [-0.4, -0.2) is 21.8 Å². The van der Waals surface area contributed by atoms with E-state index in [1.807, 2.05) is 5.32 Å². The van der Waals surface area contributed by atoms with Gasteiger partial charge in [0.05, 0.1) is 5.56 Å². The van der Waals surface area contributed by atoms with Crippen molar-refractivity contribution in [1.82, 2.24) is 15.3 Å². The molecule has 60 valence electrons. The summed E-state index contributed by atoms with van der Waals surface area (Å²) in [6, 6.07) is 0. The van der Waals surface area contributed by atoms with E-state index in [1.54, 1.807) is 0 Å². The van der Waals surface area contributed by atoms with Gasteiger partial charge in [-0.3, -0.25) is 14.9 Å². The Kier molecular flexibility index (Phi) is 1.12. The molecule has 0 saturated carbocycles. The van der Waals surface area contributed by atoms with Crippen LogP contribution in [0.5, 0.6) is 0 Å². The van der Waals surface area contributed by atoms with Gasteiger partial charge in [0.15, 0.2) is 0 Å². The fraction of sp³-hybridized carbons (Fsp3) is 0. The van der Waals surface area contributed by atoms with Gasteiger partial charge in [-0.2, -0.15) is 0 Å². The molecule has 0 spiro atoms. The average molecular weight is 165 g/mol. The lowest BCUT2D eigenvalue weighted by molar-refractivity contribution is 0.0878. The number of hydrogen-bond acceptors (Lipinski definition) is 4. The van der Waals surface area contributed by atoms with Gasteiger partial charge in [-0.1, -0.05) is 0 Å². The highest BCUT2D eigenvalue weighted by molar-refractivity contribution is 6.20. The van der Waals surface area contributed by atoms with Crippen LogP contribution in [0.3, 0.4) is 0 Å². The highest BCUT2D eigenvalue weighted by Gasteiger charge is 2.27. The van der Waals surface area contributed by atoms with Crippen molar-refractivity contribution in [3.63, 3.8) is 0 Å². The Morgan fingerprint density at radius 2 is 1.92 bits per heavy atom. The number of nitrogens with one attached hydrogen (secondary N) is 2. The molecule has 6 nitrogen and oxygen atoms in total. The lowest BCUT2D eigenvalue weighted by atomic mass is 10.3. The van der Waals surface area contributed by atoms with Gasteiger partial charge in [-0.15, -0.1) is 0 Å². The second-order valence-electron chi connectivity index (χ2n) is 2.26. The quantitative estimate of drug-likeness (QED) is 0.465. The first-order valence-electron chi connectivity index (χ1n) is 3.13. The summed E-state index contributed by atoms with van der Waals surface area (Å²) in [4.78, 5) is 37.9. The van der Waals surface area contributed by atoms with E-state index in [0.717, 1.165) is 6.20 Å². The molecular formula is C6H3N3O3. The molecule has 0 aliphatic carbocycles. The van der Waals surface area contributed by atoms with Gasteiger partial charge < -0.3 is 4.98 Å². The monoisotopic (exact) mass is 165 g/mol. The lowest BCUT2D eigenvalue weighted by Gasteiger charge is -1.88. The van der Waals surface area contributed by atoms with E-state index < -0.39 is 17.5 Å². The van der Waals surface area contributed by atoms with Crippen molar-refractivity contribution in [2.24, 2.45) is 0 Å². The number of carbonyl (C=O) groups excluding carboxylic acids is 2. The van der Waals surface area contributed by atoms with E-state index in [1.165, 1.54) is 0 Å². The van der Waals surface area contributed by atoms with Gasteiger partial charge in [0.1, 0.15) is 5.69 Å². The minimum Gasteiger partial charge on any atom is -0.300 e. The molecule has 2 amide bonds. The number of carbonyl (C=O) groups is 2. The molecule has 1 aromatic rings. The van der Waals surface area contributed by atoms with Crippen molar-refractivity contribution < 1.29 is 9.59 Å². The highest BCUT2D eigenvalue weighted by Crippen LogP contribution is 2.07. The molecule has 0 saturated heterocycles. The van der Waals surface area contributed by atoms with E-state index in [9.17, 15) is 14.4 Å². The topological polar surface area (TPSA) is 91.9 Å². The summed E-state index contributed by atoms with van der Waals surface area (Å²) in [7, 11) is 0. The first kappa shape index (κ1) is 6.71. The smallest absolute Gasteiger partial charge is 0.300 e. The second-order valence-corrected chi connectivity index (χ2v) is 2.26. The normalized spacial score (nSPS) is 14.3. The number of amides is 2. The summed E-state index contributed by atoms with van der Waals surface area (Å²) in [5, 5.41) is 2.02. The third-order valence-corrected chi connectivity index (χ3v) is 1.51. The van der Waals surface area contributed by atoms with Gasteiger partial charge >= 0.3 is 5.69 Å². The second kappa shape index (κ2) is 2.00. The number of imide groups is 1. The molecule has 0 bridgehead atoms. The largest absolute Gasteiger partial charge is 0.345 e. The summed E-state index contributed by atoms with van der Waals surface area (Å²) in [6.45, 7) is 0. The van der Waals surface area contributed by atoms with E-state index in [0.29, 0.717) is 0 Å². The number of H-pyrrole nitrogens is 1. The van der Waals surface area contributed by atoms with Crippen LogP contribution in [0.25, 0.3) is 0 Å².